The van der Waals surface area contributed by atoms with Gasteiger partial charge in [0.1, 0.15) is 29.5 Å². The van der Waals surface area contributed by atoms with Crippen LogP contribution in [0.25, 0.3) is 22.3 Å². The maximum Gasteiger partial charge on any atom is 0.263 e. The Morgan fingerprint density at radius 3 is 2.76 bits per heavy atom. The molecule has 0 aliphatic heterocycles. The first-order chi connectivity index (χ1) is 16.3. The fraction of sp³-hybridized carbons (Fsp3) is 0.458. The van der Waals surface area contributed by atoms with E-state index in [1.165, 1.54) is 24.5 Å². The van der Waals surface area contributed by atoms with E-state index in [1.807, 2.05) is 0 Å². The van der Waals surface area contributed by atoms with E-state index < -0.39 is 24.5 Å². The van der Waals surface area contributed by atoms with Gasteiger partial charge in [0.25, 0.3) is 12.3 Å². The molecule has 180 valence electrons. The molecule has 2 aromatic heterocycles. The molecule has 1 amide bonds. The number of rotatable bonds is 7. The number of benzene rings is 1. The molecule has 3 unspecified atom stereocenters. The molecule has 3 aromatic rings. The van der Waals surface area contributed by atoms with E-state index in [4.69, 9.17) is 10.5 Å². The highest BCUT2D eigenvalue weighted by atomic mass is 19.3. The van der Waals surface area contributed by atoms with E-state index in [0.717, 1.165) is 12.8 Å². The van der Waals surface area contributed by atoms with Crippen LogP contribution in [-0.4, -0.2) is 45.7 Å². The van der Waals surface area contributed by atoms with Crippen LogP contribution in [-0.2, 0) is 0 Å². The predicted octanol–water partition coefficient (Wildman–Crippen LogP) is 4.22. The molecule has 5 rings (SSSR count). The van der Waals surface area contributed by atoms with Gasteiger partial charge in [0, 0.05) is 35.3 Å². The summed E-state index contributed by atoms with van der Waals surface area (Å²) in [6.07, 6.45) is 0.187. The average Bonchev–Trinajstić information content (AvgIpc) is 3.49. The number of ether oxygens (including phenoxy) is 1. The van der Waals surface area contributed by atoms with Gasteiger partial charge >= 0.3 is 0 Å². The number of nitrogens with one attached hydrogen (secondary N) is 2. The molecule has 2 aliphatic rings. The Bertz CT molecular complexity index is 1220. The van der Waals surface area contributed by atoms with Crippen molar-refractivity contribution < 1.29 is 22.7 Å². The van der Waals surface area contributed by atoms with Gasteiger partial charge in [-0.2, -0.15) is 0 Å². The van der Waals surface area contributed by atoms with Gasteiger partial charge in [-0.15, -0.1) is 0 Å². The molecule has 0 radical (unpaired) electrons. The van der Waals surface area contributed by atoms with Crippen LogP contribution >= 0.6 is 0 Å². The number of hydrogen-bond acceptors (Lipinski definition) is 5. The minimum absolute atomic E-state index is 0.153. The molecule has 2 fully saturated rings. The lowest BCUT2D eigenvalue weighted by Crippen LogP contribution is -2.34. The molecule has 2 aliphatic carbocycles. The molecule has 10 heteroatoms. The first kappa shape index (κ1) is 22.6. The van der Waals surface area contributed by atoms with Gasteiger partial charge in [-0.1, -0.05) is 0 Å². The largest absolute Gasteiger partial charge is 0.493 e. The lowest BCUT2D eigenvalue weighted by atomic mass is 10.0. The molecule has 3 atom stereocenters. The number of amides is 1. The zero-order valence-electron chi connectivity index (χ0n) is 18.7. The van der Waals surface area contributed by atoms with Gasteiger partial charge in [0.05, 0.1) is 17.7 Å². The third-order valence-electron chi connectivity index (χ3n) is 6.55. The highest BCUT2D eigenvalue weighted by Crippen LogP contribution is 2.38. The highest BCUT2D eigenvalue weighted by molar-refractivity contribution is 6.09. The number of nitrogens with zero attached hydrogens (tertiary/aromatic N) is 2. The summed E-state index contributed by atoms with van der Waals surface area (Å²) in [7, 11) is 0. The highest BCUT2D eigenvalue weighted by Gasteiger charge is 2.34. The maximum absolute atomic E-state index is 13.8. The number of alkyl halides is 3. The van der Waals surface area contributed by atoms with Crippen molar-refractivity contribution in [3.8, 4) is 17.0 Å². The van der Waals surface area contributed by atoms with Crippen molar-refractivity contribution in [2.24, 2.45) is 11.7 Å². The van der Waals surface area contributed by atoms with E-state index >= 15 is 0 Å². The number of fused-ring (bicyclic) bond motifs is 1. The molecule has 7 nitrogen and oxygen atoms in total. The predicted molar refractivity (Wildman–Crippen MR) is 121 cm³/mol. The summed E-state index contributed by atoms with van der Waals surface area (Å²) in [6, 6.07) is 3.28. The van der Waals surface area contributed by atoms with Gasteiger partial charge < -0.3 is 20.8 Å². The number of nitrogens with two attached hydrogens (primary N) is 1. The maximum atomic E-state index is 13.8. The third-order valence-corrected chi connectivity index (χ3v) is 6.55. The molecule has 0 spiro atoms. The van der Waals surface area contributed by atoms with Crippen molar-refractivity contribution >= 4 is 16.9 Å². The molecular weight excluding hydrogens is 447 g/mol. The van der Waals surface area contributed by atoms with Crippen molar-refractivity contribution in [2.45, 2.75) is 57.3 Å². The van der Waals surface area contributed by atoms with Crippen LogP contribution in [0.1, 0.15) is 53.7 Å². The Morgan fingerprint density at radius 2 is 2.09 bits per heavy atom. The Labute approximate surface area is 194 Å². The normalized spacial score (nSPS) is 22.5. The van der Waals surface area contributed by atoms with Gasteiger partial charge in [0.2, 0.25) is 0 Å². The van der Waals surface area contributed by atoms with Gasteiger partial charge in [0.15, 0.2) is 0 Å². The Morgan fingerprint density at radius 1 is 1.29 bits per heavy atom. The summed E-state index contributed by atoms with van der Waals surface area (Å²) >= 11 is 0. The summed E-state index contributed by atoms with van der Waals surface area (Å²) < 4.78 is 46.7. The quantitative estimate of drug-likeness (QED) is 0.477. The Hall–Kier alpha value is -3.14. The number of hydrogen-bond donors (Lipinski definition) is 3. The van der Waals surface area contributed by atoms with Gasteiger partial charge in [-0.25, -0.2) is 23.1 Å². The number of aryl methyl sites for hydroxylation is 1. The molecule has 4 N–H and O–H groups in total. The van der Waals surface area contributed by atoms with E-state index in [2.05, 4.69) is 20.3 Å². The fourth-order valence-electron chi connectivity index (χ4n) is 4.48. The number of aromatic nitrogens is 3. The zero-order chi connectivity index (χ0) is 24.0. The number of H-pyrrole nitrogens is 1. The van der Waals surface area contributed by atoms with E-state index in [9.17, 15) is 18.0 Å². The Balaban J connectivity index is 1.53. The molecule has 2 saturated carbocycles. The first-order valence-electron chi connectivity index (χ1n) is 11.4. The zero-order valence-corrected chi connectivity index (χ0v) is 18.7. The number of carbonyl (C=O) groups is 1. The third kappa shape index (κ3) is 4.34. The van der Waals surface area contributed by atoms with Crippen molar-refractivity contribution in [1.29, 1.82) is 0 Å². The van der Waals surface area contributed by atoms with Crippen molar-refractivity contribution in [3.05, 3.63) is 41.3 Å². The number of aromatic amines is 1. The summed E-state index contributed by atoms with van der Waals surface area (Å²) in [4.78, 5) is 24.9. The summed E-state index contributed by atoms with van der Waals surface area (Å²) in [5.41, 5.74) is 8.01. The molecule has 0 bridgehead atoms. The van der Waals surface area contributed by atoms with Crippen LogP contribution in [0, 0.1) is 12.8 Å². The van der Waals surface area contributed by atoms with Crippen LogP contribution in [0.3, 0.4) is 0 Å². The van der Waals surface area contributed by atoms with E-state index in [0.29, 0.717) is 58.2 Å². The fourth-order valence-corrected chi connectivity index (χ4v) is 4.48. The smallest absolute Gasteiger partial charge is 0.263 e. The monoisotopic (exact) mass is 473 g/mol. The topological polar surface area (TPSA) is 106 Å². The lowest BCUT2D eigenvalue weighted by molar-refractivity contribution is 0.0937. The van der Waals surface area contributed by atoms with E-state index in [1.54, 1.807) is 6.92 Å². The number of halogens is 3. The second kappa shape index (κ2) is 8.90. The van der Waals surface area contributed by atoms with Crippen LogP contribution in [0.4, 0.5) is 13.2 Å². The second-order valence-corrected chi connectivity index (χ2v) is 9.20. The average molecular weight is 473 g/mol. The standard InChI is InChI=1S/C24H26F3N5O2/c1-11-19(24(33)32-14-7-16(25)17(28)8-14)21-22(31-11)20(29-10-30-21)15-6-13(23(26)27)4-5-18(15)34-9-12-2-3-12/h4-6,10,12,14,16-17,23,31H,2-3,7-9,28H2,1H3,(H,32,33). The van der Waals surface area contributed by atoms with Crippen molar-refractivity contribution in [1.82, 2.24) is 20.3 Å². The molecular formula is C24H26F3N5O2. The second-order valence-electron chi connectivity index (χ2n) is 9.20. The summed E-state index contributed by atoms with van der Waals surface area (Å²) in [5.74, 6) is 0.526. The minimum Gasteiger partial charge on any atom is -0.493 e. The van der Waals surface area contributed by atoms with Crippen LogP contribution in [0.5, 0.6) is 5.75 Å². The number of carbonyl (C=O) groups excluding carboxylic acids is 1. The van der Waals surface area contributed by atoms with Gasteiger partial charge in [-0.05, 0) is 50.3 Å². The first-order valence-corrected chi connectivity index (χ1v) is 11.4. The molecule has 34 heavy (non-hydrogen) atoms. The van der Waals surface area contributed by atoms with Crippen molar-refractivity contribution in [3.63, 3.8) is 0 Å². The molecule has 0 saturated heterocycles. The van der Waals surface area contributed by atoms with Crippen LogP contribution in [0.2, 0.25) is 0 Å². The summed E-state index contributed by atoms with van der Waals surface area (Å²) in [6.45, 7) is 2.23. The van der Waals surface area contributed by atoms with E-state index in [-0.39, 0.29) is 18.0 Å². The van der Waals surface area contributed by atoms with Gasteiger partial charge in [-0.3, -0.25) is 4.79 Å². The lowest BCUT2D eigenvalue weighted by Gasteiger charge is -2.13. The minimum atomic E-state index is -2.66. The SMILES string of the molecule is Cc1[nH]c2c(-c3cc(C(F)F)ccc3OCC3CC3)ncnc2c1C(=O)NC1CC(N)C(F)C1. The molecule has 1 aromatic carbocycles. The Kier molecular flexibility index (Phi) is 5.93. The van der Waals surface area contributed by atoms with Crippen LogP contribution < -0.4 is 15.8 Å². The summed E-state index contributed by atoms with van der Waals surface area (Å²) in [5, 5.41) is 2.85. The van der Waals surface area contributed by atoms with Crippen molar-refractivity contribution in [2.75, 3.05) is 6.61 Å². The molecule has 2 heterocycles. The van der Waals surface area contributed by atoms with Crippen LogP contribution in [0.15, 0.2) is 24.5 Å².